The first-order valence-electron chi connectivity index (χ1n) is 9.51. The summed E-state index contributed by atoms with van der Waals surface area (Å²) in [6.45, 7) is 5.25. The van der Waals surface area contributed by atoms with E-state index in [4.69, 9.17) is 8.74 Å². The van der Waals surface area contributed by atoms with Crippen LogP contribution in [0.4, 0.5) is 0 Å². The van der Waals surface area contributed by atoms with Crippen molar-refractivity contribution in [3.8, 4) is 11.1 Å². The second kappa shape index (κ2) is 9.82. The van der Waals surface area contributed by atoms with Crippen molar-refractivity contribution in [2.45, 2.75) is 49.8 Å². The first kappa shape index (κ1) is 24.9. The van der Waals surface area contributed by atoms with Gasteiger partial charge in [0.15, 0.2) is 5.78 Å². The van der Waals surface area contributed by atoms with E-state index in [1.807, 2.05) is 13.8 Å². The summed E-state index contributed by atoms with van der Waals surface area (Å²) >= 11 is 0. The quantitative estimate of drug-likeness (QED) is 0.287. The zero-order valence-corrected chi connectivity index (χ0v) is 19.0. The van der Waals surface area contributed by atoms with E-state index in [1.165, 1.54) is 12.1 Å². The molecule has 0 atom stereocenters. The molecule has 3 rings (SSSR count). The van der Waals surface area contributed by atoms with Crippen LogP contribution in [0, 0.1) is 13.8 Å². The summed E-state index contributed by atoms with van der Waals surface area (Å²) < 4.78 is 58.0. The molecule has 1 N–H and O–H groups in total. The van der Waals surface area contributed by atoms with Gasteiger partial charge in [0.05, 0.1) is 11.5 Å². The molecule has 0 saturated carbocycles. The molecule has 0 unspecified atom stereocenters. The van der Waals surface area contributed by atoms with Crippen LogP contribution in [0.3, 0.4) is 0 Å². The minimum Gasteiger partial charge on any atom is -0.291 e. The van der Waals surface area contributed by atoms with Gasteiger partial charge in [-0.3, -0.25) is 18.3 Å². The summed E-state index contributed by atoms with van der Waals surface area (Å²) in [6.07, 6.45) is 0.586. The average molecular weight is 469 g/mol. The van der Waals surface area contributed by atoms with Crippen molar-refractivity contribution in [1.29, 1.82) is 0 Å². The lowest BCUT2D eigenvalue weighted by atomic mass is 9.87. The Morgan fingerprint density at radius 1 is 0.903 bits per heavy atom. The molecule has 2 aliphatic carbocycles. The van der Waals surface area contributed by atoms with Gasteiger partial charge in [-0.1, -0.05) is 24.6 Å². The number of Topliss-reactive ketones (excluding diaryl/α,β-unsaturated/α-hetero) is 2. The summed E-state index contributed by atoms with van der Waals surface area (Å²) in [4.78, 5) is 22.7. The van der Waals surface area contributed by atoms with E-state index in [9.17, 15) is 26.4 Å². The molecule has 0 bridgehead atoms. The third-order valence-corrected chi connectivity index (χ3v) is 6.78. The van der Waals surface area contributed by atoms with Crippen molar-refractivity contribution in [3.05, 3.63) is 47.5 Å². The van der Waals surface area contributed by atoms with Crippen molar-refractivity contribution in [1.82, 2.24) is 0 Å². The van der Waals surface area contributed by atoms with E-state index in [1.54, 1.807) is 31.2 Å². The van der Waals surface area contributed by atoms with Crippen LogP contribution in [0.2, 0.25) is 0 Å². The lowest BCUT2D eigenvalue weighted by Gasteiger charge is -2.23. The van der Waals surface area contributed by atoms with Gasteiger partial charge in [-0.15, -0.1) is 0 Å². The maximum absolute atomic E-state index is 11.8. The second-order valence-electron chi connectivity index (χ2n) is 7.07. The van der Waals surface area contributed by atoms with Crippen LogP contribution in [0.15, 0.2) is 46.2 Å². The highest BCUT2D eigenvalue weighted by atomic mass is 32.2. The molecule has 0 saturated heterocycles. The molecular formula is C21H24O8S2. The molecule has 1 aromatic rings. The maximum Gasteiger partial charge on any atom is 0.297 e. The highest BCUT2D eigenvalue weighted by Crippen LogP contribution is 2.43. The topological polar surface area (TPSA) is 132 Å². The Morgan fingerprint density at radius 2 is 1.48 bits per heavy atom. The van der Waals surface area contributed by atoms with Gasteiger partial charge in [0, 0.05) is 18.4 Å². The molecule has 0 fully saturated rings. The fourth-order valence-corrected chi connectivity index (χ4v) is 4.37. The Morgan fingerprint density at radius 3 is 1.94 bits per heavy atom. The van der Waals surface area contributed by atoms with Crippen LogP contribution in [-0.4, -0.2) is 39.6 Å². The first-order valence-corrected chi connectivity index (χ1v) is 12.4. The molecule has 0 aromatic heterocycles. The number of rotatable bonds is 9. The SMILES string of the molecule is CCCC(=O)C(=O)CCOS(=O)(=O)c1cc2c(C)cc1-2.Cc1ccc(S(=O)(=O)O)cc1. The number of carbonyl (C=O) groups excluding carboxylic acids is 2. The molecular weight excluding hydrogens is 444 g/mol. The molecule has 1 aromatic carbocycles. The van der Waals surface area contributed by atoms with E-state index in [0.717, 1.165) is 16.7 Å². The van der Waals surface area contributed by atoms with Crippen molar-refractivity contribution < 1.29 is 35.2 Å². The van der Waals surface area contributed by atoms with Crippen molar-refractivity contribution in [2.24, 2.45) is 0 Å². The fourth-order valence-electron chi connectivity index (χ4n) is 2.76. The van der Waals surface area contributed by atoms with E-state index in [-0.39, 0.29) is 29.2 Å². The number of benzene rings is 2. The second-order valence-corrected chi connectivity index (χ2v) is 10.1. The Hall–Kier alpha value is -2.40. The molecule has 31 heavy (non-hydrogen) atoms. The summed E-state index contributed by atoms with van der Waals surface area (Å²) in [5, 5.41) is 0. The van der Waals surface area contributed by atoms with E-state index in [2.05, 4.69) is 0 Å². The number of fused-ring (bicyclic) bond motifs is 1. The summed E-state index contributed by atoms with van der Waals surface area (Å²) in [6, 6.07) is 9.33. The molecule has 168 valence electrons. The standard InChI is InChI=1S/C14H16O5S.C7H8O3S/c1-3-4-12(15)13(16)5-6-19-20(17,18)14-8-10-9(2)7-11(10)14;1-6-2-4-7(5-3-6)11(8,9)10/h7-8H,3-6H2,1-2H3;2-5H,1H3,(H,8,9,10). The molecule has 2 aliphatic rings. The van der Waals surface area contributed by atoms with Crippen molar-refractivity contribution >= 4 is 31.8 Å². The van der Waals surface area contributed by atoms with Gasteiger partial charge >= 0.3 is 0 Å². The monoisotopic (exact) mass is 468 g/mol. The summed E-state index contributed by atoms with van der Waals surface area (Å²) in [5.74, 6) is -1.05. The third kappa shape index (κ3) is 6.30. The third-order valence-electron chi connectivity index (χ3n) is 4.56. The number of ketones is 2. The predicted octanol–water partition coefficient (Wildman–Crippen LogP) is 3.25. The lowest BCUT2D eigenvalue weighted by Crippen LogP contribution is -2.19. The van der Waals surface area contributed by atoms with Crippen LogP contribution < -0.4 is 0 Å². The van der Waals surface area contributed by atoms with Crippen LogP contribution in [0.1, 0.15) is 37.3 Å². The zero-order chi connectivity index (χ0) is 23.4. The number of aryl methyl sites for hydroxylation is 2. The highest BCUT2D eigenvalue weighted by molar-refractivity contribution is 7.87. The van der Waals surface area contributed by atoms with Gasteiger partial charge in [-0.05, 0) is 55.7 Å². The average Bonchev–Trinajstić information content (AvgIpc) is 2.65. The van der Waals surface area contributed by atoms with Crippen LogP contribution >= 0.6 is 0 Å². The smallest absolute Gasteiger partial charge is 0.291 e. The Kier molecular flexibility index (Phi) is 7.87. The van der Waals surface area contributed by atoms with E-state index >= 15 is 0 Å². The summed E-state index contributed by atoms with van der Waals surface area (Å²) in [5.41, 5.74) is 3.65. The van der Waals surface area contributed by atoms with Gasteiger partial charge in [0.25, 0.3) is 20.2 Å². The Balaban J connectivity index is 0.000000262. The Bertz CT molecular complexity index is 1190. The van der Waals surface area contributed by atoms with E-state index < -0.39 is 31.8 Å². The molecule has 10 heteroatoms. The van der Waals surface area contributed by atoms with Crippen LogP contribution in [-0.2, 0) is 34.0 Å². The minimum atomic E-state index is -4.02. The maximum atomic E-state index is 11.8. The fraction of sp³-hybridized carbons (Fsp3) is 0.333. The highest BCUT2D eigenvalue weighted by Gasteiger charge is 2.30. The van der Waals surface area contributed by atoms with E-state index in [0.29, 0.717) is 12.0 Å². The zero-order valence-electron chi connectivity index (χ0n) is 17.4. The van der Waals surface area contributed by atoms with Gasteiger partial charge in [0.2, 0.25) is 5.78 Å². The molecule has 0 radical (unpaired) electrons. The van der Waals surface area contributed by atoms with Crippen LogP contribution in [0.25, 0.3) is 11.1 Å². The first-order chi connectivity index (χ1) is 14.4. The predicted molar refractivity (Wildman–Crippen MR) is 114 cm³/mol. The summed E-state index contributed by atoms with van der Waals surface area (Å²) in [7, 11) is -7.84. The lowest BCUT2D eigenvalue weighted by molar-refractivity contribution is -0.136. The molecule has 8 nitrogen and oxygen atoms in total. The molecule has 0 aliphatic heterocycles. The normalized spacial score (nSPS) is 12.0. The van der Waals surface area contributed by atoms with Gasteiger partial charge in [-0.25, -0.2) is 0 Å². The molecule has 0 amide bonds. The van der Waals surface area contributed by atoms with Gasteiger partial charge < -0.3 is 0 Å². The van der Waals surface area contributed by atoms with Gasteiger partial charge in [-0.2, -0.15) is 16.8 Å². The number of hydrogen-bond donors (Lipinski definition) is 1. The largest absolute Gasteiger partial charge is 0.297 e. The van der Waals surface area contributed by atoms with Crippen molar-refractivity contribution in [2.75, 3.05) is 6.61 Å². The number of hydrogen-bond acceptors (Lipinski definition) is 7. The Labute approximate surface area is 182 Å². The van der Waals surface area contributed by atoms with Crippen molar-refractivity contribution in [3.63, 3.8) is 0 Å². The minimum absolute atomic E-state index is 0.0666. The van der Waals surface area contributed by atoms with Gasteiger partial charge in [0.1, 0.15) is 4.90 Å². The number of carbonyl (C=O) groups is 2. The molecule has 0 spiro atoms. The molecule has 0 heterocycles. The van der Waals surface area contributed by atoms with Crippen LogP contribution in [0.5, 0.6) is 0 Å².